The smallest absolute Gasteiger partial charge is 0.308 e. The van der Waals surface area contributed by atoms with Crippen LogP contribution in [0.25, 0.3) is 0 Å². The number of hydrogen-bond acceptors (Lipinski definition) is 2. The lowest BCUT2D eigenvalue weighted by Crippen LogP contribution is -2.33. The largest absolute Gasteiger partial charge is 0.481 e. The Bertz CT molecular complexity index is 510. The predicted octanol–water partition coefficient (Wildman–Crippen LogP) is 2.41. The van der Waals surface area contributed by atoms with Gasteiger partial charge in [-0.3, -0.25) is 9.59 Å². The Morgan fingerprint density at radius 3 is 2.75 bits per heavy atom. The monoisotopic (exact) mass is 275 g/mol. The lowest BCUT2D eigenvalue weighted by atomic mass is 10.0. The van der Waals surface area contributed by atoms with Crippen LogP contribution >= 0.6 is 0 Å². The molecule has 1 aliphatic carbocycles. The van der Waals surface area contributed by atoms with Crippen LogP contribution in [0.4, 0.5) is 0 Å². The number of carboxylic acid groups (broad SMARTS) is 1. The van der Waals surface area contributed by atoms with Gasteiger partial charge in [0.2, 0.25) is 0 Å². The zero-order valence-corrected chi connectivity index (χ0v) is 11.8. The predicted molar refractivity (Wildman–Crippen MR) is 76.8 cm³/mol. The molecule has 4 heteroatoms. The fourth-order valence-corrected chi connectivity index (χ4v) is 2.69. The molecule has 2 N–H and O–H groups in total. The maximum Gasteiger partial charge on any atom is 0.308 e. The number of aryl methyl sites for hydroxylation is 2. The minimum absolute atomic E-state index is 0.179. The van der Waals surface area contributed by atoms with E-state index in [0.717, 1.165) is 25.7 Å². The third-order valence-electron chi connectivity index (χ3n) is 3.86. The molecule has 1 aliphatic rings. The van der Waals surface area contributed by atoms with Crippen molar-refractivity contribution in [2.75, 3.05) is 6.54 Å². The minimum Gasteiger partial charge on any atom is -0.481 e. The summed E-state index contributed by atoms with van der Waals surface area (Å²) in [5.41, 5.74) is 3.21. The van der Waals surface area contributed by atoms with Gasteiger partial charge in [-0.2, -0.15) is 0 Å². The third kappa shape index (κ3) is 3.38. The van der Waals surface area contributed by atoms with E-state index in [2.05, 4.69) is 5.32 Å². The molecular formula is C16H21NO3. The lowest BCUT2D eigenvalue weighted by Gasteiger charge is -2.12. The second-order valence-corrected chi connectivity index (χ2v) is 5.37. The molecule has 0 aliphatic heterocycles. The van der Waals surface area contributed by atoms with Gasteiger partial charge in [0.05, 0.1) is 5.92 Å². The van der Waals surface area contributed by atoms with E-state index in [0.29, 0.717) is 12.0 Å². The molecule has 0 spiro atoms. The molecule has 20 heavy (non-hydrogen) atoms. The van der Waals surface area contributed by atoms with Crippen LogP contribution in [0, 0.1) is 5.92 Å². The zero-order chi connectivity index (χ0) is 14.5. The van der Waals surface area contributed by atoms with Crippen molar-refractivity contribution in [1.82, 2.24) is 5.32 Å². The summed E-state index contributed by atoms with van der Waals surface area (Å²) in [6.07, 6.45) is 4.66. The maximum absolute atomic E-state index is 12.1. The average molecular weight is 275 g/mol. The van der Waals surface area contributed by atoms with Crippen LogP contribution in [-0.2, 0) is 17.6 Å². The highest BCUT2D eigenvalue weighted by molar-refractivity contribution is 5.94. The van der Waals surface area contributed by atoms with Crippen LogP contribution in [0.2, 0.25) is 0 Å². The van der Waals surface area contributed by atoms with E-state index in [4.69, 9.17) is 5.11 Å². The molecule has 0 saturated heterocycles. The van der Waals surface area contributed by atoms with Gasteiger partial charge >= 0.3 is 5.97 Å². The van der Waals surface area contributed by atoms with Crippen molar-refractivity contribution in [3.05, 3.63) is 34.9 Å². The molecule has 1 atom stereocenters. The van der Waals surface area contributed by atoms with E-state index in [9.17, 15) is 9.59 Å². The number of rotatable bonds is 6. The number of fused-ring (bicyclic) bond motifs is 1. The van der Waals surface area contributed by atoms with Gasteiger partial charge in [-0.25, -0.2) is 0 Å². The number of carboxylic acids is 1. The fourth-order valence-electron chi connectivity index (χ4n) is 2.69. The first kappa shape index (κ1) is 14.6. The van der Waals surface area contributed by atoms with Gasteiger partial charge in [0.1, 0.15) is 0 Å². The Morgan fingerprint density at radius 2 is 2.05 bits per heavy atom. The summed E-state index contributed by atoms with van der Waals surface area (Å²) in [7, 11) is 0. The number of carbonyl (C=O) groups is 2. The second-order valence-electron chi connectivity index (χ2n) is 5.37. The Balaban J connectivity index is 1.96. The Hall–Kier alpha value is -1.84. The summed E-state index contributed by atoms with van der Waals surface area (Å²) in [6.45, 7) is 2.14. The summed E-state index contributed by atoms with van der Waals surface area (Å²) in [6, 6.07) is 5.78. The maximum atomic E-state index is 12.1. The number of aliphatic carboxylic acids is 1. The van der Waals surface area contributed by atoms with Crippen molar-refractivity contribution in [2.45, 2.75) is 39.0 Å². The summed E-state index contributed by atoms with van der Waals surface area (Å²) >= 11 is 0. The quantitative estimate of drug-likeness (QED) is 0.837. The van der Waals surface area contributed by atoms with Crippen molar-refractivity contribution in [3.63, 3.8) is 0 Å². The van der Waals surface area contributed by atoms with Gasteiger partial charge in [0, 0.05) is 12.1 Å². The molecule has 4 nitrogen and oxygen atoms in total. The van der Waals surface area contributed by atoms with Crippen LogP contribution < -0.4 is 5.32 Å². The molecule has 0 saturated carbocycles. The van der Waals surface area contributed by atoms with Crippen LogP contribution in [0.1, 0.15) is 47.7 Å². The number of carbonyl (C=O) groups excluding carboxylic acids is 1. The van der Waals surface area contributed by atoms with E-state index >= 15 is 0 Å². The molecule has 0 radical (unpaired) electrons. The molecule has 1 amide bonds. The lowest BCUT2D eigenvalue weighted by molar-refractivity contribution is -0.141. The molecular weight excluding hydrogens is 254 g/mol. The number of amides is 1. The summed E-state index contributed by atoms with van der Waals surface area (Å²) < 4.78 is 0. The highest BCUT2D eigenvalue weighted by atomic mass is 16.4. The van der Waals surface area contributed by atoms with Gasteiger partial charge in [-0.1, -0.05) is 19.4 Å². The molecule has 0 heterocycles. The summed E-state index contributed by atoms with van der Waals surface area (Å²) in [5, 5.41) is 11.8. The number of hydrogen-bond donors (Lipinski definition) is 2. The second kappa shape index (κ2) is 6.55. The van der Waals surface area contributed by atoms with Crippen LogP contribution in [0.15, 0.2) is 18.2 Å². The van der Waals surface area contributed by atoms with Crippen molar-refractivity contribution in [2.24, 2.45) is 5.92 Å². The average Bonchev–Trinajstić information content (AvgIpc) is 2.89. The van der Waals surface area contributed by atoms with E-state index < -0.39 is 11.9 Å². The standard InChI is InChI=1S/C16H21NO3/c1-2-4-14(16(19)20)10-17-15(18)13-8-7-11-5-3-6-12(11)9-13/h7-9,14H,2-6,10H2,1H3,(H,17,18)(H,19,20). The van der Waals surface area contributed by atoms with Gasteiger partial charge in [-0.15, -0.1) is 0 Å². The van der Waals surface area contributed by atoms with Gasteiger partial charge in [-0.05, 0) is 48.9 Å². The fraction of sp³-hybridized carbons (Fsp3) is 0.500. The molecule has 1 aromatic rings. The Morgan fingerprint density at radius 1 is 1.30 bits per heavy atom. The first-order valence-corrected chi connectivity index (χ1v) is 7.24. The van der Waals surface area contributed by atoms with E-state index in [1.807, 2.05) is 25.1 Å². The highest BCUT2D eigenvalue weighted by Gasteiger charge is 2.18. The van der Waals surface area contributed by atoms with Crippen molar-refractivity contribution >= 4 is 11.9 Å². The number of benzene rings is 1. The van der Waals surface area contributed by atoms with Crippen molar-refractivity contribution in [3.8, 4) is 0 Å². The Labute approximate surface area is 119 Å². The molecule has 0 fully saturated rings. The van der Waals surface area contributed by atoms with Gasteiger partial charge in [0.25, 0.3) is 5.91 Å². The first-order valence-electron chi connectivity index (χ1n) is 7.24. The summed E-state index contributed by atoms with van der Waals surface area (Å²) in [5.74, 6) is -1.53. The minimum atomic E-state index is -0.846. The van der Waals surface area contributed by atoms with Crippen LogP contribution in [-0.4, -0.2) is 23.5 Å². The van der Waals surface area contributed by atoms with Gasteiger partial charge < -0.3 is 10.4 Å². The topological polar surface area (TPSA) is 66.4 Å². The van der Waals surface area contributed by atoms with E-state index in [1.165, 1.54) is 11.1 Å². The SMILES string of the molecule is CCCC(CNC(=O)c1ccc2c(c1)CCC2)C(=O)O. The molecule has 0 bridgehead atoms. The van der Waals surface area contributed by atoms with Gasteiger partial charge in [0.15, 0.2) is 0 Å². The Kier molecular flexibility index (Phi) is 4.77. The highest BCUT2D eigenvalue weighted by Crippen LogP contribution is 2.22. The van der Waals surface area contributed by atoms with Crippen molar-refractivity contribution < 1.29 is 14.7 Å². The molecule has 0 aromatic heterocycles. The van der Waals surface area contributed by atoms with Crippen LogP contribution in [0.3, 0.4) is 0 Å². The molecule has 2 rings (SSSR count). The first-order chi connectivity index (χ1) is 9.61. The van der Waals surface area contributed by atoms with Crippen molar-refractivity contribution in [1.29, 1.82) is 0 Å². The summed E-state index contributed by atoms with van der Waals surface area (Å²) in [4.78, 5) is 23.1. The van der Waals surface area contributed by atoms with E-state index in [-0.39, 0.29) is 12.5 Å². The third-order valence-corrected chi connectivity index (χ3v) is 3.86. The van der Waals surface area contributed by atoms with E-state index in [1.54, 1.807) is 0 Å². The number of nitrogens with one attached hydrogen (secondary N) is 1. The molecule has 1 aromatic carbocycles. The molecule has 108 valence electrons. The van der Waals surface area contributed by atoms with Crippen LogP contribution in [0.5, 0.6) is 0 Å². The normalized spacial score (nSPS) is 14.7. The molecule has 1 unspecified atom stereocenters. The zero-order valence-electron chi connectivity index (χ0n) is 11.8.